The predicted molar refractivity (Wildman–Crippen MR) is 206 cm³/mol. The predicted octanol–water partition coefficient (Wildman–Crippen LogP) is 13.0. The molecule has 3 heteroatoms. The number of fused-ring (bicyclic) bond motifs is 8. The number of anilines is 3. The molecule has 0 fully saturated rings. The average molecular weight is 627 g/mol. The highest BCUT2D eigenvalue weighted by Gasteiger charge is 2.24. The van der Waals surface area contributed by atoms with E-state index in [1.54, 1.807) is 0 Å². The van der Waals surface area contributed by atoms with Crippen LogP contribution in [0, 0.1) is 0 Å². The molecule has 10 aromatic rings. The molecule has 230 valence electrons. The van der Waals surface area contributed by atoms with Gasteiger partial charge in [-0.3, -0.25) is 0 Å². The number of rotatable bonds is 5. The second-order valence-corrected chi connectivity index (χ2v) is 12.6. The van der Waals surface area contributed by atoms with Gasteiger partial charge in [0, 0.05) is 50.1 Å². The van der Waals surface area contributed by atoms with E-state index in [-0.39, 0.29) is 0 Å². The van der Waals surface area contributed by atoms with Crippen LogP contribution in [0.1, 0.15) is 0 Å². The Bertz CT molecular complexity index is 2810. The van der Waals surface area contributed by atoms with E-state index < -0.39 is 0 Å². The molecule has 0 aliphatic rings. The van der Waals surface area contributed by atoms with E-state index >= 15 is 0 Å². The molecule has 49 heavy (non-hydrogen) atoms. The number of hydrogen-bond acceptors (Lipinski definition) is 2. The molecule has 0 aliphatic carbocycles. The Kier molecular flexibility index (Phi) is 6.18. The van der Waals surface area contributed by atoms with Crippen LogP contribution in [-0.4, -0.2) is 4.57 Å². The van der Waals surface area contributed by atoms with Crippen LogP contribution >= 0.6 is 0 Å². The van der Waals surface area contributed by atoms with E-state index in [2.05, 4.69) is 179 Å². The Morgan fingerprint density at radius 3 is 1.92 bits per heavy atom. The van der Waals surface area contributed by atoms with Crippen molar-refractivity contribution in [3.05, 3.63) is 182 Å². The zero-order valence-corrected chi connectivity index (χ0v) is 26.6. The molecule has 0 spiro atoms. The first-order valence-corrected chi connectivity index (χ1v) is 16.7. The molecule has 0 atom stereocenters. The molecule has 0 aliphatic heterocycles. The molecule has 0 bridgehead atoms. The van der Waals surface area contributed by atoms with Gasteiger partial charge in [0.15, 0.2) is 0 Å². The van der Waals surface area contributed by atoms with Crippen LogP contribution in [0.2, 0.25) is 0 Å². The zero-order chi connectivity index (χ0) is 32.3. The number of aromatic nitrogens is 1. The van der Waals surface area contributed by atoms with Crippen molar-refractivity contribution in [3.63, 3.8) is 0 Å². The maximum atomic E-state index is 6.44. The summed E-state index contributed by atoms with van der Waals surface area (Å²) in [7, 11) is 0. The lowest BCUT2D eigenvalue weighted by atomic mass is 9.99. The van der Waals surface area contributed by atoms with E-state index in [1.165, 1.54) is 43.7 Å². The van der Waals surface area contributed by atoms with Crippen molar-refractivity contribution in [3.8, 4) is 16.8 Å². The summed E-state index contributed by atoms with van der Waals surface area (Å²) in [5, 5.41) is 7.03. The first-order chi connectivity index (χ1) is 24.3. The van der Waals surface area contributed by atoms with Crippen LogP contribution in [0.3, 0.4) is 0 Å². The first-order valence-electron chi connectivity index (χ1n) is 16.7. The van der Waals surface area contributed by atoms with E-state index in [1.807, 2.05) is 12.1 Å². The standard InChI is InChI=1S/C46H30N2O/c1-4-14-31(15-5-1)32-24-27-41-40(28-32)45-42(29-33-16-10-11-21-37(33)46(45)48(41)35-19-8-3-9-20-35)47(34-17-6-2-7-18-34)36-25-26-39-38-22-12-13-23-43(38)49-44(39)30-36/h1-30H. The molecule has 3 nitrogen and oxygen atoms in total. The van der Waals surface area contributed by atoms with Gasteiger partial charge in [-0.2, -0.15) is 0 Å². The molecule has 8 aromatic carbocycles. The maximum absolute atomic E-state index is 6.44. The van der Waals surface area contributed by atoms with Gasteiger partial charge in [-0.05, 0) is 77.2 Å². The van der Waals surface area contributed by atoms with Crippen molar-refractivity contribution in [2.45, 2.75) is 0 Å². The van der Waals surface area contributed by atoms with Crippen LogP contribution in [0.5, 0.6) is 0 Å². The molecule has 0 radical (unpaired) electrons. The Labute approximate surface area is 283 Å². The highest BCUT2D eigenvalue weighted by molar-refractivity contribution is 6.25. The van der Waals surface area contributed by atoms with Crippen LogP contribution in [0.15, 0.2) is 186 Å². The summed E-state index contributed by atoms with van der Waals surface area (Å²) in [6.45, 7) is 0. The Morgan fingerprint density at radius 1 is 0.429 bits per heavy atom. The summed E-state index contributed by atoms with van der Waals surface area (Å²) in [4.78, 5) is 2.39. The fraction of sp³-hybridized carbons (Fsp3) is 0. The molecule has 0 unspecified atom stereocenters. The van der Waals surface area contributed by atoms with E-state index in [9.17, 15) is 0 Å². The normalized spacial score (nSPS) is 11.7. The van der Waals surface area contributed by atoms with Crippen LogP contribution in [0.25, 0.3) is 71.3 Å². The smallest absolute Gasteiger partial charge is 0.137 e. The van der Waals surface area contributed by atoms with Gasteiger partial charge in [0.25, 0.3) is 0 Å². The molecule has 0 amide bonds. The van der Waals surface area contributed by atoms with Crippen LogP contribution < -0.4 is 4.90 Å². The second kappa shape index (κ2) is 11.0. The van der Waals surface area contributed by atoms with Gasteiger partial charge in [-0.1, -0.05) is 115 Å². The van der Waals surface area contributed by atoms with Gasteiger partial charge < -0.3 is 13.9 Å². The Balaban J connectivity index is 1.36. The average Bonchev–Trinajstić information content (AvgIpc) is 3.72. The highest BCUT2D eigenvalue weighted by atomic mass is 16.3. The SMILES string of the molecule is c1ccc(-c2ccc3c(c2)c2c(N(c4ccccc4)c4ccc5c(c4)oc4ccccc45)cc4ccccc4c2n3-c2ccccc2)cc1. The van der Waals surface area contributed by atoms with Crippen molar-refractivity contribution < 1.29 is 4.42 Å². The lowest BCUT2D eigenvalue weighted by molar-refractivity contribution is 0.669. The zero-order valence-electron chi connectivity index (χ0n) is 26.6. The summed E-state index contributed by atoms with van der Waals surface area (Å²) < 4.78 is 8.88. The highest BCUT2D eigenvalue weighted by Crippen LogP contribution is 2.48. The molecule has 0 N–H and O–H groups in total. The van der Waals surface area contributed by atoms with Crippen LogP contribution in [0.4, 0.5) is 17.1 Å². The van der Waals surface area contributed by atoms with Crippen molar-refractivity contribution in [2.75, 3.05) is 4.90 Å². The Hall–Kier alpha value is -6.58. The molecule has 0 saturated heterocycles. The molecule has 10 rings (SSSR count). The van der Waals surface area contributed by atoms with Crippen molar-refractivity contribution in [1.29, 1.82) is 0 Å². The number of benzene rings is 8. The number of para-hydroxylation sites is 3. The molecule has 2 heterocycles. The first kappa shape index (κ1) is 27.5. The lowest BCUT2D eigenvalue weighted by Crippen LogP contribution is -2.10. The third-order valence-electron chi connectivity index (χ3n) is 9.73. The monoisotopic (exact) mass is 626 g/mol. The van der Waals surface area contributed by atoms with E-state index in [0.29, 0.717) is 0 Å². The van der Waals surface area contributed by atoms with E-state index in [4.69, 9.17) is 4.42 Å². The fourth-order valence-electron chi connectivity index (χ4n) is 7.55. The van der Waals surface area contributed by atoms with Crippen molar-refractivity contribution in [2.24, 2.45) is 0 Å². The molecule has 2 aromatic heterocycles. The lowest BCUT2D eigenvalue weighted by Gasteiger charge is -2.27. The molecule has 0 saturated carbocycles. The minimum Gasteiger partial charge on any atom is -0.456 e. The number of hydrogen-bond donors (Lipinski definition) is 0. The topological polar surface area (TPSA) is 21.3 Å². The van der Waals surface area contributed by atoms with Gasteiger partial charge in [-0.25, -0.2) is 0 Å². The fourth-order valence-corrected chi connectivity index (χ4v) is 7.55. The quantitative estimate of drug-likeness (QED) is 0.190. The minimum atomic E-state index is 0.870. The second-order valence-electron chi connectivity index (χ2n) is 12.6. The van der Waals surface area contributed by atoms with Gasteiger partial charge in [0.2, 0.25) is 0 Å². The van der Waals surface area contributed by atoms with Crippen molar-refractivity contribution >= 4 is 71.6 Å². The summed E-state index contributed by atoms with van der Waals surface area (Å²) in [5.41, 5.74) is 10.9. The van der Waals surface area contributed by atoms with E-state index in [0.717, 1.165) is 44.7 Å². The number of furan rings is 1. The maximum Gasteiger partial charge on any atom is 0.137 e. The minimum absolute atomic E-state index is 0.870. The molecular weight excluding hydrogens is 597 g/mol. The van der Waals surface area contributed by atoms with Gasteiger partial charge in [-0.15, -0.1) is 0 Å². The van der Waals surface area contributed by atoms with Gasteiger partial charge in [0.1, 0.15) is 11.2 Å². The third kappa shape index (κ3) is 4.37. The third-order valence-corrected chi connectivity index (χ3v) is 9.73. The summed E-state index contributed by atoms with van der Waals surface area (Å²) in [6.07, 6.45) is 0. The van der Waals surface area contributed by atoms with Crippen LogP contribution in [-0.2, 0) is 0 Å². The summed E-state index contributed by atoms with van der Waals surface area (Å²) in [5.74, 6) is 0. The summed E-state index contributed by atoms with van der Waals surface area (Å²) in [6, 6.07) is 65.0. The largest absolute Gasteiger partial charge is 0.456 e. The number of nitrogens with zero attached hydrogens (tertiary/aromatic N) is 2. The van der Waals surface area contributed by atoms with Gasteiger partial charge in [0.05, 0.1) is 16.7 Å². The molecular formula is C46H30N2O. The summed E-state index contributed by atoms with van der Waals surface area (Å²) >= 11 is 0. The van der Waals surface area contributed by atoms with Crippen molar-refractivity contribution in [1.82, 2.24) is 4.57 Å². The Morgan fingerprint density at radius 2 is 1.10 bits per heavy atom. The van der Waals surface area contributed by atoms with Gasteiger partial charge >= 0.3 is 0 Å².